The van der Waals surface area contributed by atoms with Gasteiger partial charge in [0.15, 0.2) is 0 Å². The maximum Gasteiger partial charge on any atom is 0.408 e. The zero-order valence-electron chi connectivity index (χ0n) is 13.5. The molecule has 0 saturated heterocycles. The van der Waals surface area contributed by atoms with E-state index in [1.807, 2.05) is 30.3 Å². The Morgan fingerprint density at radius 3 is 2.36 bits per heavy atom. The number of carbonyl (C=O) groups is 1. The van der Waals surface area contributed by atoms with E-state index in [0.29, 0.717) is 11.7 Å². The van der Waals surface area contributed by atoms with Crippen molar-refractivity contribution in [3.63, 3.8) is 0 Å². The Morgan fingerprint density at radius 2 is 1.77 bits per heavy atom. The molecule has 0 aliphatic heterocycles. The molecule has 0 saturated carbocycles. The van der Waals surface area contributed by atoms with Crippen molar-refractivity contribution in [2.24, 2.45) is 0 Å². The lowest BCUT2D eigenvalue weighted by Gasteiger charge is -2.25. The van der Waals surface area contributed by atoms with Gasteiger partial charge in [-0.3, -0.25) is 0 Å². The van der Waals surface area contributed by atoms with Crippen LogP contribution >= 0.6 is 0 Å². The minimum absolute atomic E-state index is 0.317. The highest BCUT2D eigenvalue weighted by molar-refractivity contribution is 5.68. The molecule has 0 radical (unpaired) electrons. The molecule has 0 atom stereocenters. The van der Waals surface area contributed by atoms with Crippen LogP contribution in [0.15, 0.2) is 34.9 Å². The van der Waals surface area contributed by atoms with Crippen molar-refractivity contribution < 1.29 is 14.1 Å². The monoisotopic (exact) mass is 303 g/mol. The van der Waals surface area contributed by atoms with E-state index in [1.54, 1.807) is 34.6 Å². The third kappa shape index (κ3) is 4.07. The van der Waals surface area contributed by atoms with Gasteiger partial charge in [0.1, 0.15) is 11.1 Å². The minimum Gasteiger partial charge on any atom is -0.444 e. The first-order valence-electron chi connectivity index (χ1n) is 7.08. The summed E-state index contributed by atoms with van der Waals surface area (Å²) >= 11 is 0. The molecule has 6 heteroatoms. The van der Waals surface area contributed by atoms with E-state index in [1.165, 1.54) is 0 Å². The summed E-state index contributed by atoms with van der Waals surface area (Å²) < 4.78 is 10.5. The van der Waals surface area contributed by atoms with Crippen molar-refractivity contribution in [1.82, 2.24) is 15.5 Å². The zero-order valence-corrected chi connectivity index (χ0v) is 13.5. The van der Waals surface area contributed by atoms with E-state index in [2.05, 4.69) is 15.5 Å². The van der Waals surface area contributed by atoms with E-state index in [0.717, 1.165) is 5.56 Å². The molecule has 0 spiro atoms. The number of aromatic nitrogens is 2. The number of hydrogen-bond acceptors (Lipinski definition) is 5. The molecule has 0 fully saturated rings. The number of nitrogens with one attached hydrogen (secondary N) is 1. The Morgan fingerprint density at radius 1 is 1.14 bits per heavy atom. The van der Waals surface area contributed by atoms with Gasteiger partial charge < -0.3 is 14.6 Å². The van der Waals surface area contributed by atoms with Crippen LogP contribution in [0.2, 0.25) is 0 Å². The lowest BCUT2D eigenvalue weighted by Crippen LogP contribution is -2.44. The van der Waals surface area contributed by atoms with Crippen molar-refractivity contribution in [3.8, 4) is 11.4 Å². The number of benzene rings is 1. The topological polar surface area (TPSA) is 77.2 Å². The van der Waals surface area contributed by atoms with Gasteiger partial charge in [0, 0.05) is 5.56 Å². The van der Waals surface area contributed by atoms with Gasteiger partial charge in [0.05, 0.1) is 0 Å². The van der Waals surface area contributed by atoms with Crippen molar-refractivity contribution in [2.45, 2.75) is 45.8 Å². The Kier molecular flexibility index (Phi) is 4.21. The van der Waals surface area contributed by atoms with Crippen LogP contribution in [0.5, 0.6) is 0 Å². The number of alkyl carbamates (subject to hydrolysis) is 1. The highest BCUT2D eigenvalue weighted by Crippen LogP contribution is 2.22. The summed E-state index contributed by atoms with van der Waals surface area (Å²) in [5, 5.41) is 6.69. The average Bonchev–Trinajstić information content (AvgIpc) is 2.87. The zero-order chi connectivity index (χ0) is 16.4. The second-order valence-corrected chi connectivity index (χ2v) is 6.54. The summed E-state index contributed by atoms with van der Waals surface area (Å²) in [4.78, 5) is 16.3. The van der Waals surface area contributed by atoms with Crippen molar-refractivity contribution >= 4 is 6.09 Å². The van der Waals surface area contributed by atoms with Gasteiger partial charge in [-0.15, -0.1) is 0 Å². The van der Waals surface area contributed by atoms with E-state index in [-0.39, 0.29) is 0 Å². The maximum absolute atomic E-state index is 11.9. The molecule has 1 aromatic heterocycles. The Hall–Kier alpha value is -2.37. The van der Waals surface area contributed by atoms with Gasteiger partial charge in [0.2, 0.25) is 5.82 Å². The number of ether oxygens (including phenoxy) is 1. The third-order valence-corrected chi connectivity index (χ3v) is 2.81. The van der Waals surface area contributed by atoms with Gasteiger partial charge in [-0.2, -0.15) is 4.98 Å². The summed E-state index contributed by atoms with van der Waals surface area (Å²) in [7, 11) is 0. The van der Waals surface area contributed by atoms with E-state index < -0.39 is 17.2 Å². The summed E-state index contributed by atoms with van der Waals surface area (Å²) in [5.74, 6) is 0.798. The third-order valence-electron chi connectivity index (χ3n) is 2.81. The molecule has 0 unspecified atom stereocenters. The molecule has 1 aromatic carbocycles. The Balaban J connectivity index is 2.13. The second kappa shape index (κ2) is 5.79. The van der Waals surface area contributed by atoms with Crippen LogP contribution in [0.3, 0.4) is 0 Å². The quantitative estimate of drug-likeness (QED) is 0.939. The van der Waals surface area contributed by atoms with Crippen molar-refractivity contribution in [1.29, 1.82) is 0 Å². The number of rotatable bonds is 3. The number of hydrogen-bond donors (Lipinski definition) is 1. The first kappa shape index (κ1) is 16.0. The SMILES string of the molecule is CC(C)(C)OC(=O)NC(C)(C)c1nc(-c2ccccc2)no1. The first-order valence-corrected chi connectivity index (χ1v) is 7.08. The predicted molar refractivity (Wildman–Crippen MR) is 82.1 cm³/mol. The van der Waals surface area contributed by atoms with E-state index in [4.69, 9.17) is 9.26 Å². The van der Waals surface area contributed by atoms with Crippen LogP contribution < -0.4 is 5.32 Å². The molecule has 6 nitrogen and oxygen atoms in total. The highest BCUT2D eigenvalue weighted by atomic mass is 16.6. The fraction of sp³-hybridized carbons (Fsp3) is 0.438. The van der Waals surface area contributed by atoms with Gasteiger partial charge in [-0.25, -0.2) is 4.79 Å². The molecule has 1 amide bonds. The van der Waals surface area contributed by atoms with Crippen LogP contribution in [0.4, 0.5) is 4.79 Å². The average molecular weight is 303 g/mol. The molecule has 2 aromatic rings. The Bertz CT molecular complexity index is 642. The molecule has 118 valence electrons. The smallest absolute Gasteiger partial charge is 0.408 e. The normalized spacial score (nSPS) is 12.0. The summed E-state index contributed by atoms with van der Waals surface area (Å²) in [6.45, 7) is 8.97. The molecule has 2 rings (SSSR count). The molecule has 1 heterocycles. The molecule has 22 heavy (non-hydrogen) atoms. The largest absolute Gasteiger partial charge is 0.444 e. The number of carbonyl (C=O) groups excluding carboxylic acids is 1. The summed E-state index contributed by atoms with van der Waals surface area (Å²) in [6, 6.07) is 9.50. The fourth-order valence-corrected chi connectivity index (χ4v) is 1.79. The van der Waals surface area contributed by atoms with Crippen LogP contribution in [0.25, 0.3) is 11.4 Å². The van der Waals surface area contributed by atoms with Crippen LogP contribution in [-0.2, 0) is 10.3 Å². The lowest BCUT2D eigenvalue weighted by atomic mass is 10.1. The molecule has 0 bridgehead atoms. The molecular weight excluding hydrogens is 282 g/mol. The number of amides is 1. The predicted octanol–water partition coefficient (Wildman–Crippen LogP) is 3.50. The maximum atomic E-state index is 11.9. The molecule has 1 N–H and O–H groups in total. The molecular formula is C16H21N3O3. The summed E-state index contributed by atoms with van der Waals surface area (Å²) in [6.07, 6.45) is -0.531. The van der Waals surface area contributed by atoms with E-state index >= 15 is 0 Å². The van der Waals surface area contributed by atoms with Gasteiger partial charge in [0.25, 0.3) is 5.89 Å². The first-order chi connectivity index (χ1) is 10.2. The number of nitrogens with zero attached hydrogens (tertiary/aromatic N) is 2. The second-order valence-electron chi connectivity index (χ2n) is 6.54. The van der Waals surface area contributed by atoms with E-state index in [9.17, 15) is 4.79 Å². The minimum atomic E-state index is -0.831. The van der Waals surface area contributed by atoms with Crippen molar-refractivity contribution in [2.75, 3.05) is 0 Å². The molecule has 0 aliphatic rings. The van der Waals surface area contributed by atoms with Gasteiger partial charge in [-0.1, -0.05) is 35.5 Å². The lowest BCUT2D eigenvalue weighted by molar-refractivity contribution is 0.0452. The standard InChI is InChI=1S/C16H21N3O3/c1-15(2,3)21-14(20)18-16(4,5)13-17-12(19-22-13)11-9-7-6-8-10-11/h6-10H,1-5H3,(H,18,20). The fourth-order valence-electron chi connectivity index (χ4n) is 1.79. The summed E-state index contributed by atoms with van der Waals surface area (Å²) in [5.41, 5.74) is -0.544. The van der Waals surface area contributed by atoms with Crippen molar-refractivity contribution in [3.05, 3.63) is 36.2 Å². The van der Waals surface area contributed by atoms with Crippen LogP contribution in [0.1, 0.15) is 40.5 Å². The van der Waals surface area contributed by atoms with Crippen LogP contribution in [-0.4, -0.2) is 21.8 Å². The highest BCUT2D eigenvalue weighted by Gasteiger charge is 2.31. The van der Waals surface area contributed by atoms with Gasteiger partial charge in [-0.05, 0) is 34.6 Å². The Labute approximate surface area is 129 Å². The van der Waals surface area contributed by atoms with Crippen LogP contribution in [0, 0.1) is 0 Å². The van der Waals surface area contributed by atoms with Gasteiger partial charge >= 0.3 is 6.09 Å². The molecule has 0 aliphatic carbocycles.